The van der Waals surface area contributed by atoms with Gasteiger partial charge in [0, 0.05) is 15.5 Å². The van der Waals surface area contributed by atoms with E-state index in [9.17, 15) is 8.96 Å². The quantitative estimate of drug-likeness (QED) is 0.682. The molecule has 0 aromatic heterocycles. The van der Waals surface area contributed by atoms with Crippen LogP contribution < -0.4 is 0 Å². The van der Waals surface area contributed by atoms with Crippen LogP contribution in [0.5, 0.6) is 0 Å². The molecule has 0 saturated heterocycles. The topological polar surface area (TPSA) is 46.5 Å². The van der Waals surface area contributed by atoms with E-state index in [0.717, 1.165) is 5.56 Å². The number of alkyl halides is 1. The zero-order chi connectivity index (χ0) is 12.3. The summed E-state index contributed by atoms with van der Waals surface area (Å²) in [5.74, 6) is -0.452. The third kappa shape index (κ3) is 3.32. The second-order valence-corrected chi connectivity index (χ2v) is 5.01. The van der Waals surface area contributed by atoms with Crippen molar-refractivity contribution in [2.45, 2.75) is 24.8 Å². The van der Waals surface area contributed by atoms with Crippen LogP contribution in [-0.2, 0) is 20.0 Å². The predicted molar refractivity (Wildman–Crippen MR) is 63.0 cm³/mol. The minimum atomic E-state index is -2.77. The fourth-order valence-electron chi connectivity index (χ4n) is 1.36. The third-order valence-electron chi connectivity index (χ3n) is 2.14. The molecule has 0 aliphatic heterocycles. The number of hydrogen-bond donors (Lipinski definition) is 1. The lowest BCUT2D eigenvalue weighted by Crippen LogP contribution is -2.20. The van der Waals surface area contributed by atoms with Gasteiger partial charge in [-0.3, -0.25) is 0 Å². The Morgan fingerprint density at radius 1 is 1.56 bits per heavy atom. The summed E-state index contributed by atoms with van der Waals surface area (Å²) in [5, 5.41) is 0.585. The van der Waals surface area contributed by atoms with Crippen molar-refractivity contribution in [1.29, 1.82) is 0 Å². The van der Waals surface area contributed by atoms with Crippen LogP contribution in [0.15, 0.2) is 18.2 Å². The van der Waals surface area contributed by atoms with E-state index in [2.05, 4.69) is 15.9 Å². The van der Waals surface area contributed by atoms with Gasteiger partial charge in [0.1, 0.15) is 11.4 Å². The van der Waals surface area contributed by atoms with Gasteiger partial charge in [0.25, 0.3) is 0 Å². The maximum absolute atomic E-state index is 13.6. The highest BCUT2D eigenvalue weighted by Gasteiger charge is 2.35. The van der Waals surface area contributed by atoms with Gasteiger partial charge in [0.15, 0.2) is 0 Å². The fraction of sp³-hybridized carbons (Fsp3) is 0.400. The smallest absolute Gasteiger partial charge is 0.207 e. The molecule has 16 heavy (non-hydrogen) atoms. The maximum atomic E-state index is 13.6. The van der Waals surface area contributed by atoms with Gasteiger partial charge >= 0.3 is 8.25 Å². The largest absolute Gasteiger partial charge is 0.695 e. The Morgan fingerprint density at radius 2 is 2.19 bits per heavy atom. The lowest BCUT2D eigenvalue weighted by atomic mass is 9.96. The molecule has 0 amide bonds. The van der Waals surface area contributed by atoms with Gasteiger partial charge in [-0.2, -0.15) is 0 Å². The second kappa shape index (κ2) is 5.32. The van der Waals surface area contributed by atoms with Crippen molar-refractivity contribution in [3.63, 3.8) is 0 Å². The molecule has 1 rings (SSSR count). The monoisotopic (exact) mass is 309 g/mol. The van der Waals surface area contributed by atoms with Crippen LogP contribution >= 0.6 is 24.2 Å². The molecule has 0 saturated carbocycles. The average molecular weight is 310 g/mol. The highest BCUT2D eigenvalue weighted by Crippen LogP contribution is 2.35. The van der Waals surface area contributed by atoms with Crippen LogP contribution in [0, 0.1) is 5.82 Å². The molecule has 1 aromatic rings. The third-order valence-corrected chi connectivity index (χ3v) is 3.40. The van der Waals surface area contributed by atoms with Gasteiger partial charge < -0.3 is 0 Å². The van der Waals surface area contributed by atoms with E-state index in [4.69, 9.17) is 9.42 Å². The maximum Gasteiger partial charge on any atom is 0.695 e. The molecule has 1 atom stereocenters. The summed E-state index contributed by atoms with van der Waals surface area (Å²) >= 11 is 3.26. The van der Waals surface area contributed by atoms with Gasteiger partial charge in [-0.05, 0) is 31.5 Å². The Morgan fingerprint density at radius 3 is 2.69 bits per heavy atom. The predicted octanol–water partition coefficient (Wildman–Crippen LogP) is 3.62. The molecule has 6 heteroatoms. The minimum absolute atomic E-state index is 0.266. The molecule has 3 nitrogen and oxygen atoms in total. The van der Waals surface area contributed by atoms with E-state index in [1.54, 1.807) is 26.0 Å². The fourth-order valence-corrected chi connectivity index (χ4v) is 2.20. The molecule has 0 heterocycles. The normalized spacial score (nSPS) is 12.7. The van der Waals surface area contributed by atoms with Crippen molar-refractivity contribution in [3.8, 4) is 0 Å². The van der Waals surface area contributed by atoms with Crippen LogP contribution in [0.3, 0.4) is 0 Å². The standard InChI is InChI=1S/C10H11BrFO3P/c1-10(2,15-16(13)14)8-5-7(6-11)3-4-9(8)12/h3-5H,6H2,1-2H3/p+1. The molecular weight excluding hydrogens is 298 g/mol. The molecule has 1 unspecified atom stereocenters. The van der Waals surface area contributed by atoms with Crippen molar-refractivity contribution in [2.75, 3.05) is 0 Å². The Labute approximate surface area is 103 Å². The Kier molecular flexibility index (Phi) is 4.56. The summed E-state index contributed by atoms with van der Waals surface area (Å²) in [7, 11) is -2.77. The van der Waals surface area contributed by atoms with E-state index in [1.807, 2.05) is 0 Å². The molecule has 88 valence electrons. The SMILES string of the molecule is CC(C)(O[P+](=O)O)c1cc(CBr)ccc1F. The molecule has 0 aliphatic carbocycles. The summed E-state index contributed by atoms with van der Waals surface area (Å²) in [6, 6.07) is 4.58. The zero-order valence-electron chi connectivity index (χ0n) is 8.91. The number of rotatable bonds is 4. The Hall–Kier alpha value is -0.350. The summed E-state index contributed by atoms with van der Waals surface area (Å²) < 4.78 is 29.0. The van der Waals surface area contributed by atoms with E-state index in [1.165, 1.54) is 6.07 Å². The number of hydrogen-bond acceptors (Lipinski definition) is 2. The van der Waals surface area contributed by atoms with Crippen molar-refractivity contribution < 1.29 is 18.4 Å². The van der Waals surface area contributed by atoms with E-state index in [-0.39, 0.29) is 5.56 Å². The minimum Gasteiger partial charge on any atom is -0.207 e. The molecule has 0 fully saturated rings. The van der Waals surface area contributed by atoms with Crippen LogP contribution in [0.1, 0.15) is 25.0 Å². The van der Waals surface area contributed by atoms with Crippen LogP contribution in [0.25, 0.3) is 0 Å². The van der Waals surface area contributed by atoms with Gasteiger partial charge in [0.2, 0.25) is 0 Å². The first kappa shape index (κ1) is 13.7. The summed E-state index contributed by atoms with van der Waals surface area (Å²) in [6.45, 7) is 3.10. The molecule has 0 bridgehead atoms. The van der Waals surface area contributed by atoms with E-state index in [0.29, 0.717) is 5.33 Å². The van der Waals surface area contributed by atoms with Crippen LogP contribution in [0.4, 0.5) is 4.39 Å². The number of benzene rings is 1. The highest BCUT2D eigenvalue weighted by atomic mass is 79.9. The Balaban J connectivity index is 3.14. The molecular formula is C10H12BrFO3P+. The summed E-state index contributed by atoms with van der Waals surface area (Å²) in [4.78, 5) is 8.72. The highest BCUT2D eigenvalue weighted by molar-refractivity contribution is 9.08. The van der Waals surface area contributed by atoms with E-state index >= 15 is 0 Å². The second-order valence-electron chi connectivity index (χ2n) is 3.79. The van der Waals surface area contributed by atoms with Crippen molar-refractivity contribution in [1.82, 2.24) is 0 Å². The lowest BCUT2D eigenvalue weighted by Gasteiger charge is -2.18. The molecule has 0 spiro atoms. The first-order chi connectivity index (χ1) is 7.36. The lowest BCUT2D eigenvalue weighted by molar-refractivity contribution is 0.0983. The first-order valence-corrected chi connectivity index (χ1v) is 6.82. The molecule has 1 aromatic carbocycles. The summed E-state index contributed by atoms with van der Waals surface area (Å²) in [5.41, 5.74) is 0.00729. The zero-order valence-corrected chi connectivity index (χ0v) is 11.4. The van der Waals surface area contributed by atoms with Crippen molar-refractivity contribution >= 4 is 24.2 Å². The van der Waals surface area contributed by atoms with Gasteiger partial charge in [-0.15, -0.1) is 9.42 Å². The van der Waals surface area contributed by atoms with Crippen molar-refractivity contribution in [2.24, 2.45) is 0 Å². The van der Waals surface area contributed by atoms with Crippen LogP contribution in [-0.4, -0.2) is 4.89 Å². The van der Waals surface area contributed by atoms with Crippen molar-refractivity contribution in [3.05, 3.63) is 35.1 Å². The van der Waals surface area contributed by atoms with Gasteiger partial charge in [-0.1, -0.05) is 22.0 Å². The Bertz CT molecular complexity index is 409. The van der Waals surface area contributed by atoms with Gasteiger partial charge in [0.05, 0.1) is 0 Å². The van der Waals surface area contributed by atoms with Gasteiger partial charge in [-0.25, -0.2) is 4.39 Å². The summed E-state index contributed by atoms with van der Waals surface area (Å²) in [6.07, 6.45) is 0. The molecule has 1 N–H and O–H groups in total. The molecule has 0 radical (unpaired) electrons. The van der Waals surface area contributed by atoms with Crippen LogP contribution in [0.2, 0.25) is 0 Å². The molecule has 0 aliphatic rings. The van der Waals surface area contributed by atoms with E-state index < -0.39 is 19.7 Å². The average Bonchev–Trinajstić information content (AvgIpc) is 2.16. The number of halogens is 2. The first-order valence-electron chi connectivity index (χ1n) is 4.57.